The summed E-state index contributed by atoms with van der Waals surface area (Å²) in [6, 6.07) is 12.0. The monoisotopic (exact) mass is 270 g/mol. The first kappa shape index (κ1) is 14.6. The molecule has 1 atom stereocenters. The summed E-state index contributed by atoms with van der Waals surface area (Å²) in [5.41, 5.74) is 5.67. The summed E-state index contributed by atoms with van der Waals surface area (Å²) in [5.74, 6) is 0.803. The summed E-state index contributed by atoms with van der Waals surface area (Å²) in [6.45, 7) is 8.47. The Labute approximate surface area is 121 Å². The van der Waals surface area contributed by atoms with Crippen molar-refractivity contribution in [3.05, 3.63) is 64.2 Å². The van der Waals surface area contributed by atoms with Gasteiger partial charge >= 0.3 is 0 Å². The number of benzene rings is 2. The maximum absolute atomic E-state index is 10.3. The average Bonchev–Trinajstić information content (AvgIpc) is 2.40. The fraction of sp³-hybridized carbons (Fsp3) is 0.333. The molecule has 2 heteroatoms. The minimum absolute atomic E-state index is 0.270. The van der Waals surface area contributed by atoms with E-state index in [2.05, 4.69) is 26.8 Å². The van der Waals surface area contributed by atoms with Gasteiger partial charge in [0.2, 0.25) is 0 Å². The van der Waals surface area contributed by atoms with E-state index in [9.17, 15) is 5.11 Å². The van der Waals surface area contributed by atoms with E-state index >= 15 is 0 Å². The van der Waals surface area contributed by atoms with Crippen molar-refractivity contribution in [2.75, 3.05) is 6.61 Å². The van der Waals surface area contributed by atoms with Crippen molar-refractivity contribution in [2.45, 2.75) is 33.8 Å². The van der Waals surface area contributed by atoms with Crippen LogP contribution in [0.4, 0.5) is 0 Å². The molecule has 0 amide bonds. The van der Waals surface area contributed by atoms with Crippen LogP contribution in [0, 0.1) is 27.7 Å². The smallest absolute Gasteiger partial charge is 0.119 e. The number of aliphatic hydroxyl groups is 1. The molecule has 106 valence electrons. The number of aliphatic hydroxyl groups excluding tert-OH is 1. The lowest BCUT2D eigenvalue weighted by molar-refractivity contribution is 0.107. The largest absolute Gasteiger partial charge is 0.491 e. The Morgan fingerprint density at radius 2 is 1.65 bits per heavy atom. The van der Waals surface area contributed by atoms with Crippen LogP contribution in [0.1, 0.15) is 33.9 Å². The molecule has 1 N–H and O–H groups in total. The molecule has 0 saturated carbocycles. The standard InChI is InChI=1S/C18H22O2/c1-12-5-8-17(15(4)9-12)18(19)11-20-16-7-6-13(2)14(3)10-16/h5-10,18-19H,11H2,1-4H3. The van der Waals surface area contributed by atoms with Gasteiger partial charge in [-0.1, -0.05) is 29.8 Å². The molecule has 2 nitrogen and oxygen atoms in total. The topological polar surface area (TPSA) is 29.5 Å². The van der Waals surface area contributed by atoms with E-state index in [0.717, 1.165) is 16.9 Å². The lowest BCUT2D eigenvalue weighted by atomic mass is 10.0. The normalized spacial score (nSPS) is 12.2. The summed E-state index contributed by atoms with van der Waals surface area (Å²) in [4.78, 5) is 0. The summed E-state index contributed by atoms with van der Waals surface area (Å²) in [6.07, 6.45) is -0.600. The van der Waals surface area contributed by atoms with Crippen molar-refractivity contribution in [3.8, 4) is 5.75 Å². The van der Waals surface area contributed by atoms with E-state index in [1.165, 1.54) is 16.7 Å². The van der Waals surface area contributed by atoms with Crippen LogP contribution in [0.15, 0.2) is 36.4 Å². The number of ether oxygens (including phenoxy) is 1. The van der Waals surface area contributed by atoms with Crippen LogP contribution in [-0.2, 0) is 0 Å². The Bertz CT molecular complexity index is 602. The number of hydrogen-bond donors (Lipinski definition) is 1. The highest BCUT2D eigenvalue weighted by atomic mass is 16.5. The molecule has 0 spiro atoms. The maximum Gasteiger partial charge on any atom is 0.119 e. The zero-order valence-corrected chi connectivity index (χ0v) is 12.6. The van der Waals surface area contributed by atoms with Gasteiger partial charge in [0.1, 0.15) is 18.5 Å². The van der Waals surface area contributed by atoms with Gasteiger partial charge in [0.05, 0.1) is 0 Å². The van der Waals surface area contributed by atoms with Gasteiger partial charge in [-0.05, 0) is 62.1 Å². The van der Waals surface area contributed by atoms with Crippen molar-refractivity contribution >= 4 is 0 Å². The molecule has 0 bridgehead atoms. The molecule has 2 aromatic carbocycles. The van der Waals surface area contributed by atoms with Crippen LogP contribution in [0.25, 0.3) is 0 Å². The number of hydrogen-bond acceptors (Lipinski definition) is 2. The fourth-order valence-corrected chi connectivity index (χ4v) is 2.27. The molecule has 0 aromatic heterocycles. The molecule has 0 radical (unpaired) electrons. The first-order chi connectivity index (χ1) is 9.47. The zero-order chi connectivity index (χ0) is 14.7. The van der Waals surface area contributed by atoms with Gasteiger partial charge in [0.25, 0.3) is 0 Å². The molecule has 0 fully saturated rings. The third-order valence-electron chi connectivity index (χ3n) is 3.67. The van der Waals surface area contributed by atoms with E-state index in [-0.39, 0.29) is 6.61 Å². The van der Waals surface area contributed by atoms with Crippen molar-refractivity contribution in [1.82, 2.24) is 0 Å². The molecule has 0 aliphatic heterocycles. The number of rotatable bonds is 4. The van der Waals surface area contributed by atoms with E-state index in [4.69, 9.17) is 4.74 Å². The lowest BCUT2D eigenvalue weighted by Gasteiger charge is -2.16. The molecule has 0 aliphatic carbocycles. The summed E-state index contributed by atoms with van der Waals surface area (Å²) in [5, 5.41) is 10.3. The van der Waals surface area contributed by atoms with E-state index < -0.39 is 6.10 Å². The minimum Gasteiger partial charge on any atom is -0.491 e. The lowest BCUT2D eigenvalue weighted by Crippen LogP contribution is -2.11. The van der Waals surface area contributed by atoms with Crippen molar-refractivity contribution < 1.29 is 9.84 Å². The Morgan fingerprint density at radius 3 is 2.30 bits per heavy atom. The molecule has 20 heavy (non-hydrogen) atoms. The van der Waals surface area contributed by atoms with Crippen molar-refractivity contribution in [3.63, 3.8) is 0 Å². The van der Waals surface area contributed by atoms with Gasteiger partial charge in [0, 0.05) is 0 Å². The second-order valence-corrected chi connectivity index (χ2v) is 5.43. The zero-order valence-electron chi connectivity index (χ0n) is 12.6. The van der Waals surface area contributed by atoms with Gasteiger partial charge in [-0.25, -0.2) is 0 Å². The Balaban J connectivity index is 2.04. The highest BCUT2D eigenvalue weighted by Gasteiger charge is 2.11. The Kier molecular flexibility index (Phi) is 4.46. The van der Waals surface area contributed by atoms with Crippen LogP contribution in [-0.4, -0.2) is 11.7 Å². The molecule has 0 saturated heterocycles. The van der Waals surface area contributed by atoms with Crippen LogP contribution in [0.5, 0.6) is 5.75 Å². The van der Waals surface area contributed by atoms with Crippen molar-refractivity contribution in [1.29, 1.82) is 0 Å². The number of aryl methyl sites for hydroxylation is 4. The van der Waals surface area contributed by atoms with Crippen LogP contribution in [0.3, 0.4) is 0 Å². The predicted molar refractivity (Wildman–Crippen MR) is 82.3 cm³/mol. The second-order valence-electron chi connectivity index (χ2n) is 5.43. The van der Waals surface area contributed by atoms with Gasteiger partial charge in [-0.2, -0.15) is 0 Å². The van der Waals surface area contributed by atoms with Gasteiger partial charge in [0.15, 0.2) is 0 Å². The summed E-state index contributed by atoms with van der Waals surface area (Å²) >= 11 is 0. The first-order valence-corrected chi connectivity index (χ1v) is 6.92. The van der Waals surface area contributed by atoms with Gasteiger partial charge in [-0.3, -0.25) is 0 Å². The Hall–Kier alpha value is -1.80. The minimum atomic E-state index is -0.600. The molecule has 0 aliphatic rings. The van der Waals surface area contributed by atoms with Crippen LogP contribution in [0.2, 0.25) is 0 Å². The molecule has 2 aromatic rings. The fourth-order valence-electron chi connectivity index (χ4n) is 2.27. The molecule has 1 unspecified atom stereocenters. The van der Waals surface area contributed by atoms with Gasteiger partial charge < -0.3 is 9.84 Å². The predicted octanol–water partition coefficient (Wildman–Crippen LogP) is 4.03. The highest BCUT2D eigenvalue weighted by Crippen LogP contribution is 2.22. The summed E-state index contributed by atoms with van der Waals surface area (Å²) in [7, 11) is 0. The highest BCUT2D eigenvalue weighted by molar-refractivity contribution is 5.34. The summed E-state index contributed by atoms with van der Waals surface area (Å²) < 4.78 is 5.69. The molecule has 0 heterocycles. The SMILES string of the molecule is Cc1ccc(C(O)COc2ccc(C)c(C)c2)c(C)c1. The van der Waals surface area contributed by atoms with E-state index in [1.54, 1.807) is 0 Å². The van der Waals surface area contributed by atoms with Gasteiger partial charge in [-0.15, -0.1) is 0 Å². The molecular weight excluding hydrogens is 248 g/mol. The quantitative estimate of drug-likeness (QED) is 0.908. The van der Waals surface area contributed by atoms with Crippen molar-refractivity contribution in [2.24, 2.45) is 0 Å². The average molecular weight is 270 g/mol. The second kappa shape index (κ2) is 6.10. The maximum atomic E-state index is 10.3. The third kappa shape index (κ3) is 3.40. The molecular formula is C18H22O2. The van der Waals surface area contributed by atoms with Crippen LogP contribution < -0.4 is 4.74 Å². The van der Waals surface area contributed by atoms with E-state index in [0.29, 0.717) is 0 Å². The first-order valence-electron chi connectivity index (χ1n) is 6.92. The Morgan fingerprint density at radius 1 is 0.900 bits per heavy atom. The third-order valence-corrected chi connectivity index (χ3v) is 3.67. The van der Waals surface area contributed by atoms with Crippen LogP contribution >= 0.6 is 0 Å². The van der Waals surface area contributed by atoms with E-state index in [1.807, 2.05) is 37.3 Å². The molecule has 2 rings (SSSR count).